The highest BCUT2D eigenvalue weighted by atomic mass is 16.3. The fourth-order valence-corrected chi connectivity index (χ4v) is 2.34. The minimum absolute atomic E-state index is 0.0878. The number of hydrogen-bond donors (Lipinski definition) is 1. The predicted molar refractivity (Wildman–Crippen MR) is 76.5 cm³/mol. The number of nitrogens with zero attached hydrogens (tertiary/aromatic N) is 1. The molecule has 104 valence electrons. The van der Waals surface area contributed by atoms with Crippen molar-refractivity contribution in [2.45, 2.75) is 58.5 Å². The molecule has 1 aromatic heterocycles. The average Bonchev–Trinajstić information content (AvgIpc) is 2.85. The van der Waals surface area contributed by atoms with Gasteiger partial charge in [-0.05, 0) is 45.0 Å². The van der Waals surface area contributed by atoms with E-state index in [2.05, 4.69) is 25.7 Å². The molecule has 0 aliphatic rings. The van der Waals surface area contributed by atoms with Gasteiger partial charge in [-0.25, -0.2) is 0 Å². The lowest BCUT2D eigenvalue weighted by molar-refractivity contribution is 0.150. The molecule has 0 spiro atoms. The van der Waals surface area contributed by atoms with Crippen LogP contribution in [0.3, 0.4) is 0 Å². The van der Waals surface area contributed by atoms with Gasteiger partial charge in [-0.1, -0.05) is 26.7 Å². The van der Waals surface area contributed by atoms with Crippen molar-refractivity contribution in [1.82, 2.24) is 4.90 Å². The highest BCUT2D eigenvalue weighted by molar-refractivity contribution is 5.07. The van der Waals surface area contributed by atoms with Gasteiger partial charge < -0.3 is 10.2 Å². The molecule has 0 aliphatic heterocycles. The Hall–Kier alpha value is -0.800. The van der Waals surface area contributed by atoms with Crippen LogP contribution in [0.5, 0.6) is 0 Å². The molecule has 18 heavy (non-hydrogen) atoms. The van der Waals surface area contributed by atoms with Gasteiger partial charge in [-0.15, -0.1) is 0 Å². The van der Waals surface area contributed by atoms with Crippen molar-refractivity contribution in [3.63, 3.8) is 0 Å². The first-order chi connectivity index (χ1) is 8.70. The van der Waals surface area contributed by atoms with Crippen molar-refractivity contribution in [2.24, 2.45) is 5.73 Å². The standard InChI is InChI=1S/C15H28N2O/c1-4-6-10-17(11-7-5-2)15(13(3)16)14-9-8-12-18-14/h8-9,12-13,15H,4-7,10-11,16H2,1-3H3. The van der Waals surface area contributed by atoms with Crippen LogP contribution in [-0.2, 0) is 0 Å². The van der Waals surface area contributed by atoms with Gasteiger partial charge in [0.25, 0.3) is 0 Å². The maximum absolute atomic E-state index is 6.17. The highest BCUT2D eigenvalue weighted by Gasteiger charge is 2.25. The molecule has 0 aliphatic carbocycles. The molecule has 3 heteroatoms. The van der Waals surface area contributed by atoms with Crippen LogP contribution >= 0.6 is 0 Å². The molecule has 1 rings (SSSR count). The summed E-state index contributed by atoms with van der Waals surface area (Å²) in [4.78, 5) is 2.48. The third kappa shape index (κ3) is 4.46. The normalized spacial score (nSPS) is 14.9. The minimum atomic E-state index is 0.0878. The summed E-state index contributed by atoms with van der Waals surface area (Å²) in [5.41, 5.74) is 6.17. The highest BCUT2D eigenvalue weighted by Crippen LogP contribution is 2.25. The Morgan fingerprint density at radius 3 is 2.22 bits per heavy atom. The van der Waals surface area contributed by atoms with Gasteiger partial charge in [0.15, 0.2) is 0 Å². The quantitative estimate of drug-likeness (QED) is 0.730. The third-order valence-corrected chi connectivity index (χ3v) is 3.32. The second-order valence-electron chi connectivity index (χ2n) is 5.06. The van der Waals surface area contributed by atoms with E-state index in [1.54, 1.807) is 6.26 Å². The van der Waals surface area contributed by atoms with E-state index in [-0.39, 0.29) is 12.1 Å². The fraction of sp³-hybridized carbons (Fsp3) is 0.733. The lowest BCUT2D eigenvalue weighted by Crippen LogP contribution is -2.40. The number of hydrogen-bond acceptors (Lipinski definition) is 3. The Labute approximate surface area is 111 Å². The topological polar surface area (TPSA) is 42.4 Å². The number of furan rings is 1. The minimum Gasteiger partial charge on any atom is -0.468 e. The molecule has 2 atom stereocenters. The molecule has 0 amide bonds. The maximum Gasteiger partial charge on any atom is 0.122 e. The smallest absolute Gasteiger partial charge is 0.122 e. The summed E-state index contributed by atoms with van der Waals surface area (Å²) in [6.45, 7) is 8.72. The van der Waals surface area contributed by atoms with Crippen molar-refractivity contribution < 1.29 is 4.42 Å². The van der Waals surface area contributed by atoms with Crippen molar-refractivity contribution in [3.05, 3.63) is 24.2 Å². The molecule has 3 nitrogen and oxygen atoms in total. The van der Waals surface area contributed by atoms with Gasteiger partial charge in [0.05, 0.1) is 12.3 Å². The summed E-state index contributed by atoms with van der Waals surface area (Å²) in [7, 11) is 0. The van der Waals surface area contributed by atoms with Crippen LogP contribution in [0.4, 0.5) is 0 Å². The van der Waals surface area contributed by atoms with Crippen LogP contribution in [0.25, 0.3) is 0 Å². The van der Waals surface area contributed by atoms with Gasteiger partial charge >= 0.3 is 0 Å². The molecule has 1 heterocycles. The van der Waals surface area contributed by atoms with Crippen LogP contribution in [0.1, 0.15) is 58.3 Å². The zero-order valence-corrected chi connectivity index (χ0v) is 12.1. The zero-order chi connectivity index (χ0) is 13.4. The molecule has 0 radical (unpaired) electrons. The Balaban J connectivity index is 2.76. The van der Waals surface area contributed by atoms with Gasteiger partial charge in [-0.3, -0.25) is 4.90 Å². The monoisotopic (exact) mass is 252 g/mol. The largest absolute Gasteiger partial charge is 0.468 e. The summed E-state index contributed by atoms with van der Waals surface area (Å²) < 4.78 is 5.58. The molecule has 2 unspecified atom stereocenters. The van der Waals surface area contributed by atoms with Crippen LogP contribution in [-0.4, -0.2) is 24.0 Å². The predicted octanol–water partition coefficient (Wildman–Crippen LogP) is 3.57. The average molecular weight is 252 g/mol. The fourth-order valence-electron chi connectivity index (χ4n) is 2.34. The molecule has 0 aromatic carbocycles. The van der Waals surface area contributed by atoms with Crippen molar-refractivity contribution in [2.75, 3.05) is 13.1 Å². The van der Waals surface area contributed by atoms with E-state index in [1.165, 1.54) is 25.7 Å². The number of nitrogens with two attached hydrogens (primary N) is 1. The summed E-state index contributed by atoms with van der Waals surface area (Å²) in [6, 6.07) is 4.28. The molecular weight excluding hydrogens is 224 g/mol. The molecular formula is C15H28N2O. The van der Waals surface area contributed by atoms with Crippen molar-refractivity contribution in [3.8, 4) is 0 Å². The van der Waals surface area contributed by atoms with E-state index in [0.717, 1.165) is 18.8 Å². The van der Waals surface area contributed by atoms with Gasteiger partial charge in [0.1, 0.15) is 5.76 Å². The van der Waals surface area contributed by atoms with Gasteiger partial charge in [0.2, 0.25) is 0 Å². The van der Waals surface area contributed by atoms with Crippen molar-refractivity contribution >= 4 is 0 Å². The number of rotatable bonds is 9. The molecule has 1 aromatic rings. The van der Waals surface area contributed by atoms with Crippen LogP contribution in [0.15, 0.2) is 22.8 Å². The summed E-state index contributed by atoms with van der Waals surface area (Å²) in [6.07, 6.45) is 6.60. The van der Waals surface area contributed by atoms with Crippen molar-refractivity contribution in [1.29, 1.82) is 0 Å². The lowest BCUT2D eigenvalue weighted by atomic mass is 10.0. The van der Waals surface area contributed by atoms with Crippen LogP contribution < -0.4 is 5.73 Å². The molecule has 0 fully saturated rings. The first kappa shape index (κ1) is 15.3. The van der Waals surface area contributed by atoms with E-state index >= 15 is 0 Å². The molecule has 0 bridgehead atoms. The maximum atomic E-state index is 6.17. The first-order valence-corrected chi connectivity index (χ1v) is 7.23. The van der Waals surface area contributed by atoms with E-state index in [4.69, 9.17) is 10.2 Å². The molecule has 0 saturated carbocycles. The lowest BCUT2D eigenvalue weighted by Gasteiger charge is -2.33. The summed E-state index contributed by atoms with van der Waals surface area (Å²) in [5.74, 6) is 0.997. The Bertz CT molecular complexity index is 287. The SMILES string of the molecule is CCCCN(CCCC)C(c1ccco1)C(C)N. The summed E-state index contributed by atoms with van der Waals surface area (Å²) >= 11 is 0. The second-order valence-corrected chi connectivity index (χ2v) is 5.06. The van der Waals surface area contributed by atoms with Gasteiger partial charge in [0, 0.05) is 6.04 Å². The van der Waals surface area contributed by atoms with E-state index in [9.17, 15) is 0 Å². The van der Waals surface area contributed by atoms with E-state index in [0.29, 0.717) is 0 Å². The van der Waals surface area contributed by atoms with Crippen LogP contribution in [0, 0.1) is 0 Å². The summed E-state index contributed by atoms with van der Waals surface area (Å²) in [5, 5.41) is 0. The Morgan fingerprint density at radius 1 is 1.22 bits per heavy atom. The third-order valence-electron chi connectivity index (χ3n) is 3.32. The Morgan fingerprint density at radius 2 is 1.83 bits per heavy atom. The van der Waals surface area contributed by atoms with E-state index < -0.39 is 0 Å². The van der Waals surface area contributed by atoms with Crippen LogP contribution in [0.2, 0.25) is 0 Å². The Kier molecular flexibility index (Phi) is 7.06. The zero-order valence-electron chi connectivity index (χ0n) is 12.1. The van der Waals surface area contributed by atoms with Gasteiger partial charge in [-0.2, -0.15) is 0 Å². The molecule has 2 N–H and O–H groups in total. The van der Waals surface area contributed by atoms with E-state index in [1.807, 2.05) is 12.1 Å². The second kappa shape index (κ2) is 8.33. The first-order valence-electron chi connectivity index (χ1n) is 7.23. The molecule has 0 saturated heterocycles. The number of unbranched alkanes of at least 4 members (excludes halogenated alkanes) is 2.